The van der Waals surface area contributed by atoms with E-state index in [2.05, 4.69) is 35.3 Å². The van der Waals surface area contributed by atoms with Crippen molar-refractivity contribution in [2.24, 2.45) is 4.40 Å². The highest BCUT2D eigenvalue weighted by molar-refractivity contribution is 7.98. The second-order valence-electron chi connectivity index (χ2n) is 5.14. The van der Waals surface area contributed by atoms with E-state index in [1.165, 1.54) is 5.56 Å². The van der Waals surface area contributed by atoms with Crippen molar-refractivity contribution in [1.29, 1.82) is 0 Å². The molecule has 0 aromatic heterocycles. The van der Waals surface area contributed by atoms with E-state index in [0.29, 0.717) is 5.92 Å². The van der Waals surface area contributed by atoms with Gasteiger partial charge < -0.3 is 9.64 Å². The highest BCUT2D eigenvalue weighted by atomic mass is 32.2. The lowest BCUT2D eigenvalue weighted by molar-refractivity contribution is 0.430. The predicted octanol–water partition coefficient (Wildman–Crippen LogP) is 3.96. The van der Waals surface area contributed by atoms with Gasteiger partial charge in [0.1, 0.15) is 5.75 Å². The lowest BCUT2D eigenvalue weighted by atomic mass is 10.0. The first-order chi connectivity index (χ1) is 9.74. The zero-order valence-corrected chi connectivity index (χ0v) is 12.6. The zero-order valence-electron chi connectivity index (χ0n) is 11.7. The molecule has 0 saturated carbocycles. The Labute approximate surface area is 124 Å². The highest BCUT2D eigenvalue weighted by Crippen LogP contribution is 2.25. The third-order valence-electron chi connectivity index (χ3n) is 3.36. The summed E-state index contributed by atoms with van der Waals surface area (Å²) in [4.78, 5) is 2.13. The van der Waals surface area contributed by atoms with Crippen LogP contribution in [0.3, 0.4) is 0 Å². The van der Waals surface area contributed by atoms with Gasteiger partial charge in [-0.25, -0.2) is 0 Å². The van der Waals surface area contributed by atoms with Gasteiger partial charge in [-0.15, -0.1) is 0 Å². The lowest BCUT2D eigenvalue weighted by Crippen LogP contribution is -2.34. The number of amidine groups is 1. The van der Waals surface area contributed by atoms with E-state index in [0.717, 1.165) is 29.6 Å². The van der Waals surface area contributed by atoms with Crippen molar-refractivity contribution in [2.75, 3.05) is 12.3 Å². The first kappa shape index (κ1) is 13.3. The minimum Gasteiger partial charge on any atom is -0.453 e. The van der Waals surface area contributed by atoms with Gasteiger partial charge in [-0.3, -0.25) is 0 Å². The molecule has 0 radical (unpaired) electrons. The molecule has 3 rings (SSSR count). The molecular formula is C16H18N2OS. The Bertz CT molecular complexity index is 573. The standard InChI is InChI=1S/C16H18N2OS/c1-12(2)13-5-7-14(8-6-13)19-15-4-3-9-18-10-11-20-17-16(15)18/h3-9,12H,10-11H2,1-2H3. The Balaban J connectivity index is 1.78. The summed E-state index contributed by atoms with van der Waals surface area (Å²) in [5, 5.41) is 0. The van der Waals surface area contributed by atoms with Crippen LogP contribution in [0.1, 0.15) is 25.3 Å². The summed E-state index contributed by atoms with van der Waals surface area (Å²) in [6.45, 7) is 5.36. The topological polar surface area (TPSA) is 24.8 Å². The number of nitrogens with zero attached hydrogens (tertiary/aromatic N) is 2. The largest absolute Gasteiger partial charge is 0.453 e. The van der Waals surface area contributed by atoms with E-state index in [1.54, 1.807) is 11.9 Å². The smallest absolute Gasteiger partial charge is 0.183 e. The van der Waals surface area contributed by atoms with Crippen LogP contribution in [0.2, 0.25) is 0 Å². The van der Waals surface area contributed by atoms with Crippen LogP contribution in [0.5, 0.6) is 5.75 Å². The maximum Gasteiger partial charge on any atom is 0.183 e. The van der Waals surface area contributed by atoms with Gasteiger partial charge in [0.15, 0.2) is 11.6 Å². The van der Waals surface area contributed by atoms with Gasteiger partial charge in [0, 0.05) is 18.5 Å². The van der Waals surface area contributed by atoms with Crippen molar-refractivity contribution in [1.82, 2.24) is 4.90 Å². The molecule has 0 saturated heterocycles. The maximum atomic E-state index is 5.98. The monoisotopic (exact) mass is 286 g/mol. The molecule has 0 N–H and O–H groups in total. The second-order valence-corrected chi connectivity index (χ2v) is 5.99. The molecule has 4 heteroatoms. The summed E-state index contributed by atoms with van der Waals surface area (Å²) in [7, 11) is 0. The van der Waals surface area contributed by atoms with Crippen molar-refractivity contribution in [2.45, 2.75) is 19.8 Å². The summed E-state index contributed by atoms with van der Waals surface area (Å²) in [6, 6.07) is 8.29. The van der Waals surface area contributed by atoms with Crippen molar-refractivity contribution in [3.05, 3.63) is 53.9 Å². The highest BCUT2D eigenvalue weighted by Gasteiger charge is 2.21. The number of hydrogen-bond acceptors (Lipinski definition) is 4. The fourth-order valence-corrected chi connectivity index (χ4v) is 2.86. The van der Waals surface area contributed by atoms with Gasteiger partial charge in [0.2, 0.25) is 0 Å². The van der Waals surface area contributed by atoms with Crippen LogP contribution in [0.15, 0.2) is 52.8 Å². The Kier molecular flexibility index (Phi) is 3.83. The third-order valence-corrected chi connectivity index (χ3v) is 4.02. The minimum absolute atomic E-state index is 0.537. The molecule has 0 aliphatic carbocycles. The molecule has 0 spiro atoms. The Morgan fingerprint density at radius 1 is 1.25 bits per heavy atom. The maximum absolute atomic E-state index is 5.98. The summed E-state index contributed by atoms with van der Waals surface area (Å²) in [6.07, 6.45) is 6.03. The van der Waals surface area contributed by atoms with Crippen LogP contribution in [-0.2, 0) is 0 Å². The van der Waals surface area contributed by atoms with Gasteiger partial charge in [-0.05, 0) is 47.7 Å². The molecule has 1 aromatic carbocycles. The number of rotatable bonds is 3. The predicted molar refractivity (Wildman–Crippen MR) is 85.0 cm³/mol. The molecule has 3 nitrogen and oxygen atoms in total. The van der Waals surface area contributed by atoms with Gasteiger partial charge in [0.25, 0.3) is 0 Å². The quantitative estimate of drug-likeness (QED) is 0.786. The first-order valence-corrected chi connectivity index (χ1v) is 7.81. The molecule has 0 bridgehead atoms. The van der Waals surface area contributed by atoms with E-state index in [-0.39, 0.29) is 0 Å². The summed E-state index contributed by atoms with van der Waals surface area (Å²) in [5.41, 5.74) is 1.32. The second kappa shape index (κ2) is 5.75. The third kappa shape index (κ3) is 2.75. The van der Waals surface area contributed by atoms with Crippen molar-refractivity contribution < 1.29 is 4.74 Å². The van der Waals surface area contributed by atoms with Crippen LogP contribution in [0, 0.1) is 0 Å². The average molecular weight is 286 g/mol. The molecule has 0 fully saturated rings. The number of hydrogen-bond donors (Lipinski definition) is 0. The first-order valence-electron chi connectivity index (χ1n) is 6.87. The summed E-state index contributed by atoms with van der Waals surface area (Å²) >= 11 is 1.59. The van der Waals surface area contributed by atoms with Crippen LogP contribution in [0.4, 0.5) is 0 Å². The van der Waals surface area contributed by atoms with Gasteiger partial charge in [-0.2, -0.15) is 4.40 Å². The SMILES string of the molecule is CC(C)c1ccc(OC2=CC=CN3CCSN=C23)cc1. The molecule has 20 heavy (non-hydrogen) atoms. The molecule has 1 aromatic rings. The fourth-order valence-electron chi connectivity index (χ4n) is 2.17. The summed E-state index contributed by atoms with van der Waals surface area (Å²) in [5.74, 6) is 4.14. The van der Waals surface area contributed by atoms with Crippen molar-refractivity contribution in [3.8, 4) is 5.75 Å². The minimum atomic E-state index is 0.537. The molecule has 0 atom stereocenters. The fraction of sp³-hybridized carbons (Fsp3) is 0.312. The Morgan fingerprint density at radius 2 is 2.05 bits per heavy atom. The molecule has 2 heterocycles. The van der Waals surface area contributed by atoms with Crippen LogP contribution >= 0.6 is 11.9 Å². The van der Waals surface area contributed by atoms with Gasteiger partial charge in [0.05, 0.1) is 0 Å². The van der Waals surface area contributed by atoms with E-state index in [9.17, 15) is 0 Å². The number of benzene rings is 1. The summed E-state index contributed by atoms with van der Waals surface area (Å²) < 4.78 is 10.5. The van der Waals surface area contributed by atoms with Crippen LogP contribution < -0.4 is 4.74 Å². The van der Waals surface area contributed by atoms with E-state index >= 15 is 0 Å². The van der Waals surface area contributed by atoms with Gasteiger partial charge in [-0.1, -0.05) is 26.0 Å². The van der Waals surface area contributed by atoms with Crippen molar-refractivity contribution in [3.63, 3.8) is 0 Å². The zero-order chi connectivity index (χ0) is 13.9. The Morgan fingerprint density at radius 3 is 2.80 bits per heavy atom. The normalized spacial score (nSPS) is 17.6. The van der Waals surface area contributed by atoms with Gasteiger partial charge >= 0.3 is 0 Å². The molecule has 104 valence electrons. The van der Waals surface area contributed by atoms with Crippen molar-refractivity contribution >= 4 is 17.8 Å². The molecular weight excluding hydrogens is 268 g/mol. The van der Waals surface area contributed by atoms with E-state index < -0.39 is 0 Å². The molecule has 2 aliphatic rings. The lowest BCUT2D eigenvalue weighted by Gasteiger charge is -2.28. The molecule has 0 amide bonds. The number of fused-ring (bicyclic) bond motifs is 1. The Hall–Kier alpha value is -1.68. The number of ether oxygens (including phenoxy) is 1. The van der Waals surface area contributed by atoms with E-state index in [4.69, 9.17) is 4.74 Å². The average Bonchev–Trinajstić information content (AvgIpc) is 2.48. The molecule has 2 aliphatic heterocycles. The van der Waals surface area contributed by atoms with Crippen LogP contribution in [0.25, 0.3) is 0 Å². The van der Waals surface area contributed by atoms with Crippen LogP contribution in [-0.4, -0.2) is 23.0 Å². The molecule has 0 unspecified atom stereocenters. The number of allylic oxidation sites excluding steroid dienone is 2. The van der Waals surface area contributed by atoms with E-state index in [1.807, 2.05) is 30.5 Å².